The van der Waals surface area contributed by atoms with Crippen LogP contribution in [0.3, 0.4) is 0 Å². The summed E-state index contributed by atoms with van der Waals surface area (Å²) in [6.07, 6.45) is 1.22. The summed E-state index contributed by atoms with van der Waals surface area (Å²) < 4.78 is 0.299. The predicted molar refractivity (Wildman–Crippen MR) is 75.2 cm³/mol. The van der Waals surface area contributed by atoms with Crippen molar-refractivity contribution in [3.05, 3.63) is 29.8 Å². The number of hydrogen-bond donors (Lipinski definition) is 0. The maximum Gasteiger partial charge on any atom is 0.0155 e. The second-order valence-electron chi connectivity index (χ2n) is 6.41. The van der Waals surface area contributed by atoms with Crippen LogP contribution in [-0.4, -0.2) is 4.75 Å². The minimum Gasteiger partial charge on any atom is -0.120 e. The first kappa shape index (κ1) is 13.6. The highest BCUT2D eigenvalue weighted by Crippen LogP contribution is 2.40. The summed E-state index contributed by atoms with van der Waals surface area (Å²) in [4.78, 5) is 1.37. The molecule has 0 aliphatic heterocycles. The number of thioether (sulfide) groups is 1. The minimum absolute atomic E-state index is 0.299. The van der Waals surface area contributed by atoms with Gasteiger partial charge in [0.1, 0.15) is 0 Å². The van der Waals surface area contributed by atoms with Crippen molar-refractivity contribution >= 4 is 11.8 Å². The predicted octanol–water partition coefficient (Wildman–Crippen LogP) is 5.30. The van der Waals surface area contributed by atoms with Crippen molar-refractivity contribution in [2.45, 2.75) is 57.6 Å². The molecule has 90 valence electrons. The van der Waals surface area contributed by atoms with Crippen LogP contribution < -0.4 is 0 Å². The molecule has 0 atom stereocenters. The first-order valence-electron chi connectivity index (χ1n) is 5.94. The Labute approximate surface area is 105 Å². The van der Waals surface area contributed by atoms with E-state index in [1.165, 1.54) is 16.9 Å². The third kappa shape index (κ3) is 5.07. The molecule has 0 saturated heterocycles. The van der Waals surface area contributed by atoms with E-state index in [2.05, 4.69) is 65.8 Å². The highest BCUT2D eigenvalue weighted by molar-refractivity contribution is 8.00. The Kier molecular flexibility index (Phi) is 4.12. The van der Waals surface area contributed by atoms with E-state index in [-0.39, 0.29) is 0 Å². The Morgan fingerprint density at radius 3 is 1.88 bits per heavy atom. The van der Waals surface area contributed by atoms with Gasteiger partial charge in [0.15, 0.2) is 0 Å². The molecule has 16 heavy (non-hydrogen) atoms. The van der Waals surface area contributed by atoms with Crippen molar-refractivity contribution < 1.29 is 0 Å². The highest BCUT2D eigenvalue weighted by Gasteiger charge is 2.26. The van der Waals surface area contributed by atoms with Crippen molar-refractivity contribution in [1.29, 1.82) is 0 Å². The Balaban J connectivity index is 2.69. The van der Waals surface area contributed by atoms with Gasteiger partial charge >= 0.3 is 0 Å². The van der Waals surface area contributed by atoms with Crippen molar-refractivity contribution in [3.63, 3.8) is 0 Å². The summed E-state index contributed by atoms with van der Waals surface area (Å²) in [5, 5.41) is 0. The van der Waals surface area contributed by atoms with Gasteiger partial charge in [-0.2, -0.15) is 0 Å². The van der Waals surface area contributed by atoms with Crippen molar-refractivity contribution in [3.8, 4) is 0 Å². The zero-order valence-electron chi connectivity index (χ0n) is 11.4. The summed E-state index contributed by atoms with van der Waals surface area (Å²) in [5.41, 5.74) is 1.72. The van der Waals surface area contributed by atoms with Gasteiger partial charge < -0.3 is 0 Å². The Bertz CT molecular complexity index is 327. The molecule has 1 aromatic rings. The van der Waals surface area contributed by atoms with Crippen LogP contribution in [0, 0.1) is 12.3 Å². The van der Waals surface area contributed by atoms with E-state index in [4.69, 9.17) is 0 Å². The Morgan fingerprint density at radius 2 is 1.44 bits per heavy atom. The summed E-state index contributed by atoms with van der Waals surface area (Å²) in [5.74, 6) is 0. The molecule has 0 saturated carbocycles. The first-order chi connectivity index (χ1) is 7.18. The molecule has 0 fully saturated rings. The minimum atomic E-state index is 0.299. The van der Waals surface area contributed by atoms with Gasteiger partial charge in [-0.25, -0.2) is 0 Å². The van der Waals surface area contributed by atoms with Crippen LogP contribution in [-0.2, 0) is 0 Å². The lowest BCUT2D eigenvalue weighted by atomic mass is 9.86. The van der Waals surface area contributed by atoms with Gasteiger partial charge in [-0.15, -0.1) is 11.8 Å². The average Bonchev–Trinajstić information content (AvgIpc) is 2.04. The lowest BCUT2D eigenvalue weighted by Crippen LogP contribution is -2.23. The van der Waals surface area contributed by atoms with E-state index in [9.17, 15) is 0 Å². The summed E-state index contributed by atoms with van der Waals surface area (Å²) >= 11 is 1.98. The maximum absolute atomic E-state index is 2.34. The monoisotopic (exact) mass is 236 g/mol. The number of rotatable bonds is 3. The third-order valence-corrected chi connectivity index (χ3v) is 3.58. The molecule has 0 amide bonds. The van der Waals surface area contributed by atoms with Crippen LogP contribution in [0.25, 0.3) is 0 Å². The molecule has 1 heteroatoms. The molecular formula is C15H24S. The number of hydrogen-bond acceptors (Lipinski definition) is 1. The molecule has 0 spiro atoms. The molecular weight excluding hydrogens is 212 g/mol. The van der Waals surface area contributed by atoms with E-state index in [1.807, 2.05) is 11.8 Å². The fourth-order valence-electron chi connectivity index (χ4n) is 2.24. The molecule has 0 aliphatic carbocycles. The normalized spacial score (nSPS) is 12.9. The SMILES string of the molecule is Cc1ccc(SC(C)(C)CC(C)(C)C)cc1. The molecule has 0 heterocycles. The van der Waals surface area contributed by atoms with Crippen LogP contribution in [0.1, 0.15) is 46.6 Å². The quantitative estimate of drug-likeness (QED) is 0.642. The maximum atomic E-state index is 2.34. The smallest absolute Gasteiger partial charge is 0.0155 e. The average molecular weight is 236 g/mol. The van der Waals surface area contributed by atoms with Gasteiger partial charge in [-0.3, -0.25) is 0 Å². The zero-order chi connectivity index (χ0) is 12.4. The van der Waals surface area contributed by atoms with Crippen molar-refractivity contribution in [2.24, 2.45) is 5.41 Å². The largest absolute Gasteiger partial charge is 0.120 e. The molecule has 0 unspecified atom stereocenters. The van der Waals surface area contributed by atoms with E-state index < -0.39 is 0 Å². The van der Waals surface area contributed by atoms with Gasteiger partial charge in [0, 0.05) is 9.64 Å². The van der Waals surface area contributed by atoms with Crippen LogP contribution in [0.5, 0.6) is 0 Å². The van der Waals surface area contributed by atoms with E-state index >= 15 is 0 Å². The summed E-state index contributed by atoms with van der Waals surface area (Å²) in [6.45, 7) is 13.7. The van der Waals surface area contributed by atoms with E-state index in [1.54, 1.807) is 0 Å². The lowest BCUT2D eigenvalue weighted by molar-refractivity contribution is 0.339. The molecule has 1 rings (SSSR count). The van der Waals surface area contributed by atoms with Crippen LogP contribution in [0.2, 0.25) is 0 Å². The Hall–Kier alpha value is -0.430. The first-order valence-corrected chi connectivity index (χ1v) is 6.75. The molecule has 0 bridgehead atoms. The third-order valence-electron chi connectivity index (χ3n) is 2.37. The second kappa shape index (κ2) is 4.83. The number of aryl methyl sites for hydroxylation is 1. The van der Waals surface area contributed by atoms with Gasteiger partial charge in [0.2, 0.25) is 0 Å². The molecule has 0 nitrogen and oxygen atoms in total. The van der Waals surface area contributed by atoms with Crippen molar-refractivity contribution in [2.75, 3.05) is 0 Å². The topological polar surface area (TPSA) is 0 Å². The molecule has 0 aliphatic rings. The fourth-order valence-corrected chi connectivity index (χ4v) is 3.65. The van der Waals surface area contributed by atoms with E-state index in [0.29, 0.717) is 10.2 Å². The summed E-state index contributed by atoms with van der Waals surface area (Å²) in [7, 11) is 0. The lowest BCUT2D eigenvalue weighted by Gasteiger charge is -2.31. The van der Waals surface area contributed by atoms with Crippen LogP contribution in [0.4, 0.5) is 0 Å². The van der Waals surface area contributed by atoms with Gasteiger partial charge in [-0.05, 0) is 30.9 Å². The zero-order valence-corrected chi connectivity index (χ0v) is 12.2. The molecule has 0 radical (unpaired) electrons. The van der Waals surface area contributed by atoms with Crippen molar-refractivity contribution in [1.82, 2.24) is 0 Å². The fraction of sp³-hybridized carbons (Fsp3) is 0.600. The second-order valence-corrected chi connectivity index (χ2v) is 8.19. The van der Waals surface area contributed by atoms with Gasteiger partial charge in [0.25, 0.3) is 0 Å². The van der Waals surface area contributed by atoms with Crippen LogP contribution in [0.15, 0.2) is 29.2 Å². The van der Waals surface area contributed by atoms with Gasteiger partial charge in [-0.1, -0.05) is 52.3 Å². The molecule has 0 N–H and O–H groups in total. The van der Waals surface area contributed by atoms with E-state index in [0.717, 1.165) is 0 Å². The molecule has 0 aromatic heterocycles. The Morgan fingerprint density at radius 1 is 0.938 bits per heavy atom. The number of benzene rings is 1. The highest BCUT2D eigenvalue weighted by atomic mass is 32.2. The summed E-state index contributed by atoms with van der Waals surface area (Å²) in [6, 6.07) is 8.83. The standard InChI is InChI=1S/C15H24S/c1-12-7-9-13(10-8-12)16-15(5,6)11-14(2,3)4/h7-10H,11H2,1-6H3. The van der Waals surface area contributed by atoms with Gasteiger partial charge in [0.05, 0.1) is 0 Å². The van der Waals surface area contributed by atoms with Crippen LogP contribution >= 0.6 is 11.8 Å². The molecule has 1 aromatic carbocycles.